The van der Waals surface area contributed by atoms with Crippen molar-refractivity contribution in [1.82, 2.24) is 0 Å². The minimum absolute atomic E-state index is 0. The first-order valence-electron chi connectivity index (χ1n) is 4.33. The van der Waals surface area contributed by atoms with Gasteiger partial charge in [-0.2, -0.15) is 0 Å². The van der Waals surface area contributed by atoms with Crippen LogP contribution in [0.1, 0.15) is 20.8 Å². The average molecular weight is 309 g/mol. The zero-order valence-electron chi connectivity index (χ0n) is 10.7. The molecule has 0 aromatic rings. The Kier molecular flexibility index (Phi) is 27.8. The summed E-state index contributed by atoms with van der Waals surface area (Å²) >= 11 is 0. The van der Waals surface area contributed by atoms with Gasteiger partial charge in [0.05, 0.1) is 0 Å². The van der Waals surface area contributed by atoms with Gasteiger partial charge in [-0.15, -0.1) is 0 Å². The van der Waals surface area contributed by atoms with Crippen molar-refractivity contribution < 1.29 is 39.6 Å². The quantitative estimate of drug-likeness (QED) is 0.193. The molecule has 0 aliphatic rings. The summed E-state index contributed by atoms with van der Waals surface area (Å²) in [6.45, 7) is 3.25. The van der Waals surface area contributed by atoms with Gasteiger partial charge in [-0.1, -0.05) is 0 Å². The van der Waals surface area contributed by atoms with Crippen LogP contribution in [0, 0.1) is 0 Å². The number of carbonyl (C=O) groups is 4. The van der Waals surface area contributed by atoms with Crippen LogP contribution in [0.3, 0.4) is 0 Å². The molecule has 0 unspecified atom stereocenters. The van der Waals surface area contributed by atoms with Crippen LogP contribution >= 0.6 is 0 Å². The number of nitrogens with two attached hydrogens (primary N) is 3. The topological polar surface area (TPSA) is 227 Å². The molecule has 0 aliphatic carbocycles. The van der Waals surface area contributed by atoms with Crippen molar-refractivity contribution in [3.63, 3.8) is 0 Å². The molecule has 0 bridgehead atoms. The van der Waals surface area contributed by atoms with E-state index < -0.39 is 29.7 Å². The molecule has 0 aliphatic heterocycles. The van der Waals surface area contributed by atoms with Crippen molar-refractivity contribution in [2.45, 2.75) is 26.6 Å². The van der Waals surface area contributed by atoms with Crippen LogP contribution in [0.4, 0.5) is 0 Å². The van der Waals surface area contributed by atoms with Gasteiger partial charge in [0.25, 0.3) is 17.9 Å². The maximum atomic E-state index is 9.65. The molecule has 20 heavy (non-hydrogen) atoms. The molecule has 12 heteroatoms. The fourth-order valence-electron chi connectivity index (χ4n) is 0. The monoisotopic (exact) mass is 309 g/mol. The number of hydrogen-bond donors (Lipinski definition) is 7. The molecule has 0 saturated carbocycles. The van der Waals surface area contributed by atoms with Gasteiger partial charge >= 0.3 is 35.5 Å². The zero-order chi connectivity index (χ0) is 16.8. The van der Waals surface area contributed by atoms with Crippen molar-refractivity contribution in [2.75, 3.05) is 0 Å². The van der Waals surface area contributed by atoms with E-state index in [1.807, 2.05) is 0 Å². The van der Waals surface area contributed by atoms with Crippen LogP contribution in [0.15, 0.2) is 0 Å². The van der Waals surface area contributed by atoms with E-state index in [-0.39, 0.29) is 29.6 Å². The summed E-state index contributed by atoms with van der Waals surface area (Å²) in [5.74, 6) is -6.01. The Balaban J connectivity index is -0.0000000512. The van der Waals surface area contributed by atoms with E-state index >= 15 is 0 Å². The van der Waals surface area contributed by atoms with E-state index in [9.17, 15) is 4.79 Å². The summed E-state index contributed by atoms with van der Waals surface area (Å²) in [6.07, 6.45) is 0. The second-order valence-corrected chi connectivity index (χ2v) is 2.80. The zero-order valence-corrected chi connectivity index (χ0v) is 10.7. The normalized spacial score (nSPS) is 7.70. The summed E-state index contributed by atoms with van der Waals surface area (Å²) in [6, 6.07) is 0. The first-order chi connectivity index (χ1) is 8.14. The van der Waals surface area contributed by atoms with Crippen molar-refractivity contribution in [2.24, 2.45) is 17.2 Å². The predicted octanol–water partition coefficient (Wildman–Crippen LogP) is -2.77. The Morgan fingerprint density at radius 1 is 0.700 bits per heavy atom. The SMILES string of the molecule is CC(=O)O.CC(=O)O.CC(=O)O.NC(N)(N)C(=O)O.[NaH]. The Hall–Kier alpha value is -1.24. The Bertz CT molecular complexity index is 262. The molecule has 0 atom stereocenters. The van der Waals surface area contributed by atoms with Crippen molar-refractivity contribution in [3.05, 3.63) is 0 Å². The van der Waals surface area contributed by atoms with Crippen LogP contribution < -0.4 is 17.2 Å². The number of carboxylic acids is 4. The minimum atomic E-state index is -2.08. The molecule has 0 fully saturated rings. The number of rotatable bonds is 1. The Morgan fingerprint density at radius 3 is 0.750 bits per heavy atom. The summed E-state index contributed by atoms with van der Waals surface area (Å²) in [4.78, 5) is 36.6. The van der Waals surface area contributed by atoms with Crippen molar-refractivity contribution in [3.8, 4) is 0 Å². The molecule has 0 aromatic heterocycles. The van der Waals surface area contributed by atoms with Gasteiger partial charge in [0.1, 0.15) is 0 Å². The standard InChI is InChI=1S/C2H7N3O2.3C2H4O2.Na.H/c3-2(4,5)1(6)7;3*1-2(3)4;;/h3-5H2,(H,6,7);3*1H3,(H,3,4);;. The van der Waals surface area contributed by atoms with Gasteiger partial charge in [-0.25, -0.2) is 4.79 Å². The summed E-state index contributed by atoms with van der Waals surface area (Å²) in [7, 11) is 0. The Morgan fingerprint density at radius 2 is 0.750 bits per heavy atom. The second-order valence-electron chi connectivity index (χ2n) is 2.80. The maximum absolute atomic E-state index is 9.65. The molecule has 0 aromatic carbocycles. The predicted molar refractivity (Wildman–Crippen MR) is 70.0 cm³/mol. The van der Waals surface area contributed by atoms with Crippen LogP contribution in [-0.4, -0.2) is 79.6 Å². The van der Waals surface area contributed by atoms with Gasteiger partial charge in [0.15, 0.2) is 0 Å². The van der Waals surface area contributed by atoms with E-state index in [2.05, 4.69) is 17.2 Å². The van der Waals surface area contributed by atoms with Crippen molar-refractivity contribution >= 4 is 53.4 Å². The first-order valence-corrected chi connectivity index (χ1v) is 4.33. The van der Waals surface area contributed by atoms with E-state index in [0.717, 1.165) is 20.8 Å². The van der Waals surface area contributed by atoms with Crippen LogP contribution in [0.25, 0.3) is 0 Å². The number of aliphatic carboxylic acids is 4. The van der Waals surface area contributed by atoms with Gasteiger partial charge in [0.2, 0.25) is 5.79 Å². The van der Waals surface area contributed by atoms with Gasteiger partial charge < -0.3 is 20.4 Å². The molecular weight excluding hydrogens is 289 g/mol. The molecule has 0 heterocycles. The molecule has 0 saturated heterocycles. The van der Waals surface area contributed by atoms with Crippen LogP contribution in [0.5, 0.6) is 0 Å². The van der Waals surface area contributed by atoms with E-state index in [0.29, 0.717) is 0 Å². The third kappa shape index (κ3) is 184. The van der Waals surface area contributed by atoms with Gasteiger partial charge in [-0.3, -0.25) is 31.6 Å². The van der Waals surface area contributed by atoms with E-state index in [1.165, 1.54) is 0 Å². The van der Waals surface area contributed by atoms with E-state index in [4.69, 9.17) is 34.8 Å². The summed E-state index contributed by atoms with van der Waals surface area (Å²) < 4.78 is 0. The molecule has 0 rings (SSSR count). The molecule has 116 valence electrons. The molecule has 0 amide bonds. The van der Waals surface area contributed by atoms with Crippen molar-refractivity contribution in [1.29, 1.82) is 0 Å². The molecule has 10 N–H and O–H groups in total. The van der Waals surface area contributed by atoms with Gasteiger partial charge in [0, 0.05) is 20.8 Å². The molecule has 0 spiro atoms. The average Bonchev–Trinajstić information content (AvgIpc) is 1.96. The fourth-order valence-corrected chi connectivity index (χ4v) is 0. The molecule has 0 radical (unpaired) electrons. The fraction of sp³-hybridized carbons (Fsp3) is 0.500. The molecular formula is C8H20N3NaO8. The third-order valence-electron chi connectivity index (χ3n) is 0.370. The molecule has 11 nitrogen and oxygen atoms in total. The summed E-state index contributed by atoms with van der Waals surface area (Å²) in [5.41, 5.74) is 13.9. The van der Waals surface area contributed by atoms with Gasteiger partial charge in [-0.05, 0) is 0 Å². The number of hydrogen-bond acceptors (Lipinski definition) is 7. The summed E-state index contributed by atoms with van der Waals surface area (Å²) in [5, 5.41) is 30.1. The van der Waals surface area contributed by atoms with Crippen LogP contribution in [-0.2, 0) is 19.2 Å². The second kappa shape index (κ2) is 17.8. The van der Waals surface area contributed by atoms with E-state index in [1.54, 1.807) is 0 Å². The van der Waals surface area contributed by atoms with Crippen LogP contribution in [0.2, 0.25) is 0 Å². The first kappa shape index (κ1) is 31.3. The third-order valence-corrected chi connectivity index (χ3v) is 0.370. The number of carboxylic acid groups (broad SMARTS) is 4. The Labute approximate surface area is 137 Å².